The molecule has 0 spiro atoms. The Bertz CT molecular complexity index is 605. The molecule has 0 saturated heterocycles. The van der Waals surface area contributed by atoms with Gasteiger partial charge < -0.3 is 11.1 Å². The number of nitrogens with zero attached hydrogens (tertiary/aromatic N) is 2. The van der Waals surface area contributed by atoms with Gasteiger partial charge in [0.2, 0.25) is 0 Å². The van der Waals surface area contributed by atoms with E-state index in [-0.39, 0.29) is 5.82 Å². The smallest absolute Gasteiger partial charge is 0.146 e. The molecule has 2 aromatic rings. The maximum atomic E-state index is 13.9. The molecule has 0 unspecified atom stereocenters. The number of rotatable bonds is 4. The molecule has 0 amide bonds. The van der Waals surface area contributed by atoms with Crippen molar-refractivity contribution in [3.8, 4) is 0 Å². The van der Waals surface area contributed by atoms with E-state index < -0.39 is 0 Å². The van der Waals surface area contributed by atoms with E-state index in [2.05, 4.69) is 15.3 Å². The summed E-state index contributed by atoms with van der Waals surface area (Å²) in [6, 6.07) is 4.94. The van der Waals surface area contributed by atoms with Crippen molar-refractivity contribution < 1.29 is 4.39 Å². The Balaban J connectivity index is 2.42. The highest BCUT2D eigenvalue weighted by molar-refractivity contribution is 5.66. The predicted octanol–water partition coefficient (Wildman–Crippen LogP) is 3.51. The monoisotopic (exact) mass is 274 g/mol. The molecule has 2 rings (SSSR count). The zero-order valence-electron chi connectivity index (χ0n) is 12.0. The molecule has 0 aliphatic heterocycles. The van der Waals surface area contributed by atoms with Gasteiger partial charge in [0.15, 0.2) is 0 Å². The van der Waals surface area contributed by atoms with E-state index in [1.807, 2.05) is 26.8 Å². The average molecular weight is 274 g/mol. The van der Waals surface area contributed by atoms with Crippen LogP contribution in [0.1, 0.15) is 30.3 Å². The minimum Gasteiger partial charge on any atom is -0.383 e. The number of benzene rings is 1. The summed E-state index contributed by atoms with van der Waals surface area (Å²) in [4.78, 5) is 8.67. The molecule has 0 fully saturated rings. The number of anilines is 3. The van der Waals surface area contributed by atoms with E-state index in [1.54, 1.807) is 6.07 Å². The predicted molar refractivity (Wildman–Crippen MR) is 79.6 cm³/mol. The van der Waals surface area contributed by atoms with Crippen LogP contribution in [0.25, 0.3) is 0 Å². The van der Waals surface area contributed by atoms with Gasteiger partial charge in [0.25, 0.3) is 0 Å². The number of aryl methyl sites for hydroxylation is 2. The summed E-state index contributed by atoms with van der Waals surface area (Å²) in [5.74, 6) is 1.36. The highest BCUT2D eigenvalue weighted by atomic mass is 19.1. The quantitative estimate of drug-likeness (QED) is 0.895. The topological polar surface area (TPSA) is 63.8 Å². The lowest BCUT2D eigenvalue weighted by Crippen LogP contribution is -2.08. The molecule has 0 aliphatic carbocycles. The summed E-state index contributed by atoms with van der Waals surface area (Å²) in [6.07, 6.45) is 1.68. The molecule has 5 heteroatoms. The second-order valence-corrected chi connectivity index (χ2v) is 4.81. The summed E-state index contributed by atoms with van der Waals surface area (Å²) in [6.45, 7) is 5.72. The summed E-state index contributed by atoms with van der Waals surface area (Å²) in [7, 11) is 0. The van der Waals surface area contributed by atoms with Gasteiger partial charge in [0.1, 0.15) is 23.3 Å². The van der Waals surface area contributed by atoms with E-state index >= 15 is 0 Å². The van der Waals surface area contributed by atoms with E-state index in [9.17, 15) is 4.39 Å². The maximum Gasteiger partial charge on any atom is 0.146 e. The van der Waals surface area contributed by atoms with Crippen LogP contribution in [-0.4, -0.2) is 9.97 Å². The van der Waals surface area contributed by atoms with Crippen molar-refractivity contribution in [2.45, 2.75) is 33.6 Å². The molecule has 3 N–H and O–H groups in total. The van der Waals surface area contributed by atoms with Crippen LogP contribution in [0.5, 0.6) is 0 Å². The van der Waals surface area contributed by atoms with Crippen LogP contribution in [0.2, 0.25) is 0 Å². The molecule has 0 atom stereocenters. The van der Waals surface area contributed by atoms with Gasteiger partial charge in [0.05, 0.1) is 5.69 Å². The second-order valence-electron chi connectivity index (χ2n) is 4.81. The van der Waals surface area contributed by atoms with Crippen molar-refractivity contribution in [2.75, 3.05) is 11.1 Å². The molecule has 1 aromatic carbocycles. The van der Waals surface area contributed by atoms with Crippen molar-refractivity contribution in [3.63, 3.8) is 0 Å². The standard InChI is InChI=1S/C15H19FN4/c1-4-6-12-18-14(17)10(3)15(19-12)20-13-9(2)7-5-8-11(13)16/h5,7-8H,4,6H2,1-3H3,(H3,17,18,19,20). The number of hydrogen-bond acceptors (Lipinski definition) is 4. The summed E-state index contributed by atoms with van der Waals surface area (Å²) >= 11 is 0. The number of para-hydroxylation sites is 1. The fraction of sp³-hybridized carbons (Fsp3) is 0.333. The van der Waals surface area contributed by atoms with Gasteiger partial charge in [-0.25, -0.2) is 14.4 Å². The van der Waals surface area contributed by atoms with E-state index in [4.69, 9.17) is 5.73 Å². The molecule has 0 radical (unpaired) electrons. The van der Waals surface area contributed by atoms with Gasteiger partial charge in [-0.1, -0.05) is 19.1 Å². The van der Waals surface area contributed by atoms with Crippen molar-refractivity contribution in [2.24, 2.45) is 0 Å². The fourth-order valence-corrected chi connectivity index (χ4v) is 1.95. The molecule has 20 heavy (non-hydrogen) atoms. The zero-order valence-corrected chi connectivity index (χ0v) is 12.0. The van der Waals surface area contributed by atoms with Crippen LogP contribution in [-0.2, 0) is 6.42 Å². The van der Waals surface area contributed by atoms with Crippen molar-refractivity contribution in [3.05, 3.63) is 41.0 Å². The first kappa shape index (κ1) is 14.2. The lowest BCUT2D eigenvalue weighted by molar-refractivity contribution is 0.630. The van der Waals surface area contributed by atoms with Gasteiger partial charge in [0, 0.05) is 12.0 Å². The van der Waals surface area contributed by atoms with Crippen LogP contribution in [0.3, 0.4) is 0 Å². The molecule has 0 bridgehead atoms. The molecule has 1 heterocycles. The summed E-state index contributed by atoms with van der Waals surface area (Å²) in [5, 5.41) is 3.04. The number of halogens is 1. The van der Waals surface area contributed by atoms with E-state index in [0.717, 1.165) is 24.0 Å². The Morgan fingerprint density at radius 3 is 2.65 bits per heavy atom. The van der Waals surface area contributed by atoms with Crippen LogP contribution >= 0.6 is 0 Å². The average Bonchev–Trinajstić information content (AvgIpc) is 2.39. The second kappa shape index (κ2) is 5.86. The number of aromatic nitrogens is 2. The third-order valence-electron chi connectivity index (χ3n) is 3.17. The first-order valence-electron chi connectivity index (χ1n) is 6.68. The Labute approximate surface area is 118 Å². The Morgan fingerprint density at radius 2 is 2.00 bits per heavy atom. The van der Waals surface area contributed by atoms with Crippen molar-refractivity contribution >= 4 is 17.3 Å². The van der Waals surface area contributed by atoms with Crippen LogP contribution in [0.4, 0.5) is 21.7 Å². The fourth-order valence-electron chi connectivity index (χ4n) is 1.95. The molecule has 106 valence electrons. The first-order chi connectivity index (χ1) is 9.52. The Kier molecular flexibility index (Phi) is 4.17. The van der Waals surface area contributed by atoms with E-state index in [0.29, 0.717) is 23.1 Å². The van der Waals surface area contributed by atoms with Gasteiger partial charge in [-0.15, -0.1) is 0 Å². The van der Waals surface area contributed by atoms with E-state index in [1.165, 1.54) is 6.07 Å². The molecular formula is C15H19FN4. The normalized spacial score (nSPS) is 10.6. The van der Waals surface area contributed by atoms with Crippen molar-refractivity contribution in [1.29, 1.82) is 0 Å². The van der Waals surface area contributed by atoms with Crippen molar-refractivity contribution in [1.82, 2.24) is 9.97 Å². The third-order valence-corrected chi connectivity index (χ3v) is 3.17. The maximum absolute atomic E-state index is 13.9. The molecule has 0 saturated carbocycles. The Hall–Kier alpha value is -2.17. The zero-order chi connectivity index (χ0) is 14.7. The highest BCUT2D eigenvalue weighted by Crippen LogP contribution is 2.26. The first-order valence-corrected chi connectivity index (χ1v) is 6.68. The molecule has 0 aliphatic rings. The summed E-state index contributed by atoms with van der Waals surface area (Å²) in [5.41, 5.74) is 7.87. The number of nitrogens with one attached hydrogen (secondary N) is 1. The SMILES string of the molecule is CCCc1nc(N)c(C)c(Nc2c(C)cccc2F)n1. The lowest BCUT2D eigenvalue weighted by atomic mass is 10.2. The minimum absolute atomic E-state index is 0.307. The minimum atomic E-state index is -0.307. The largest absolute Gasteiger partial charge is 0.383 e. The number of nitrogens with two attached hydrogens (primary N) is 1. The molecular weight excluding hydrogens is 255 g/mol. The van der Waals surface area contributed by atoms with Gasteiger partial charge >= 0.3 is 0 Å². The van der Waals surface area contributed by atoms with Crippen LogP contribution in [0, 0.1) is 19.7 Å². The highest BCUT2D eigenvalue weighted by Gasteiger charge is 2.12. The van der Waals surface area contributed by atoms with Crippen LogP contribution in [0.15, 0.2) is 18.2 Å². The molecule has 1 aromatic heterocycles. The van der Waals surface area contributed by atoms with Crippen LogP contribution < -0.4 is 11.1 Å². The lowest BCUT2D eigenvalue weighted by Gasteiger charge is -2.14. The molecule has 4 nitrogen and oxygen atoms in total. The number of nitrogen functional groups attached to an aromatic ring is 1. The Morgan fingerprint density at radius 1 is 1.25 bits per heavy atom. The summed E-state index contributed by atoms with van der Waals surface area (Å²) < 4.78 is 13.9. The van der Waals surface area contributed by atoms with Gasteiger partial charge in [-0.2, -0.15) is 0 Å². The third kappa shape index (κ3) is 2.87. The van der Waals surface area contributed by atoms with Gasteiger partial charge in [-0.3, -0.25) is 0 Å². The number of hydrogen-bond donors (Lipinski definition) is 2. The van der Waals surface area contributed by atoms with Gasteiger partial charge in [-0.05, 0) is 31.9 Å².